The van der Waals surface area contributed by atoms with Crippen molar-refractivity contribution in [1.82, 2.24) is 15.0 Å². The van der Waals surface area contributed by atoms with Gasteiger partial charge >= 0.3 is 0 Å². The second-order valence-corrected chi connectivity index (χ2v) is 6.70. The lowest BCUT2D eigenvalue weighted by Gasteiger charge is -2.00. The predicted molar refractivity (Wildman–Crippen MR) is 105 cm³/mol. The number of pyridine rings is 2. The highest BCUT2D eigenvalue weighted by Gasteiger charge is 2.02. The van der Waals surface area contributed by atoms with Gasteiger partial charge in [0.25, 0.3) is 0 Å². The Morgan fingerprint density at radius 2 is 1.96 bits per heavy atom. The Morgan fingerprint density at radius 1 is 1.04 bits per heavy atom. The number of benzene rings is 1. The molecule has 0 bridgehead atoms. The standard InChI is InChI=1S/C20H16N4OS/c25-13-18-19(11-14-6-7-17-15(10-14)4-3-9-22-17)26-20(24-18)23-12-16-5-1-2-8-21-16/h1-11,13,25H,12H2,(H,23,24)/b18-13?,19-11-. The van der Waals surface area contributed by atoms with Crippen LogP contribution in [-0.4, -0.2) is 20.1 Å². The van der Waals surface area contributed by atoms with Gasteiger partial charge in [-0.3, -0.25) is 9.97 Å². The fraction of sp³-hybridized carbons (Fsp3) is 0.0500. The van der Waals surface area contributed by atoms with Crippen LogP contribution in [0.5, 0.6) is 0 Å². The summed E-state index contributed by atoms with van der Waals surface area (Å²) >= 11 is 1.49. The van der Waals surface area contributed by atoms with Crippen molar-refractivity contribution in [3.63, 3.8) is 0 Å². The summed E-state index contributed by atoms with van der Waals surface area (Å²) in [5.74, 6) is 0. The van der Waals surface area contributed by atoms with E-state index in [1.54, 1.807) is 12.4 Å². The molecule has 1 aromatic carbocycles. The van der Waals surface area contributed by atoms with Gasteiger partial charge in [0.2, 0.25) is 0 Å². The molecular formula is C20H16N4OS. The summed E-state index contributed by atoms with van der Waals surface area (Å²) in [4.78, 5) is 13.1. The van der Waals surface area contributed by atoms with Crippen molar-refractivity contribution in [1.29, 1.82) is 0 Å². The van der Waals surface area contributed by atoms with Crippen molar-refractivity contribution >= 4 is 39.7 Å². The number of aromatic nitrogens is 3. The number of nitrogens with one attached hydrogen (secondary N) is 1. The molecule has 3 aromatic heterocycles. The fourth-order valence-electron chi connectivity index (χ4n) is 2.62. The summed E-state index contributed by atoms with van der Waals surface area (Å²) in [6, 6.07) is 15.8. The zero-order valence-electron chi connectivity index (χ0n) is 13.8. The zero-order chi connectivity index (χ0) is 17.8. The zero-order valence-corrected chi connectivity index (χ0v) is 14.6. The van der Waals surface area contributed by atoms with E-state index in [9.17, 15) is 5.11 Å². The molecule has 0 amide bonds. The molecule has 0 radical (unpaired) electrons. The van der Waals surface area contributed by atoms with Crippen LogP contribution in [0.3, 0.4) is 0 Å². The first-order valence-electron chi connectivity index (χ1n) is 8.13. The molecule has 0 aliphatic carbocycles. The molecule has 6 heteroatoms. The minimum atomic E-state index is 0.546. The molecule has 128 valence electrons. The maximum Gasteiger partial charge on any atom is 0.184 e. The van der Waals surface area contributed by atoms with Crippen LogP contribution < -0.4 is 15.2 Å². The van der Waals surface area contributed by atoms with Crippen LogP contribution in [0, 0.1) is 0 Å². The predicted octanol–water partition coefficient (Wildman–Crippen LogP) is 2.82. The third kappa shape index (κ3) is 3.55. The molecule has 26 heavy (non-hydrogen) atoms. The van der Waals surface area contributed by atoms with Crippen LogP contribution in [0.25, 0.3) is 23.2 Å². The van der Waals surface area contributed by atoms with Crippen LogP contribution in [0.4, 0.5) is 5.13 Å². The fourth-order valence-corrected chi connectivity index (χ4v) is 3.51. The third-order valence-electron chi connectivity index (χ3n) is 3.88. The first kappa shape index (κ1) is 16.2. The van der Waals surface area contributed by atoms with E-state index in [-0.39, 0.29) is 0 Å². The van der Waals surface area contributed by atoms with Gasteiger partial charge in [-0.05, 0) is 42.0 Å². The van der Waals surface area contributed by atoms with Gasteiger partial charge in [0.05, 0.1) is 22.3 Å². The van der Waals surface area contributed by atoms with E-state index < -0.39 is 0 Å². The first-order chi connectivity index (χ1) is 12.8. The molecule has 0 aliphatic rings. The number of hydrogen-bond acceptors (Lipinski definition) is 6. The smallest absolute Gasteiger partial charge is 0.184 e. The lowest BCUT2D eigenvalue weighted by atomic mass is 10.1. The van der Waals surface area contributed by atoms with Crippen LogP contribution in [0.15, 0.2) is 60.9 Å². The lowest BCUT2D eigenvalue weighted by Crippen LogP contribution is -2.20. The van der Waals surface area contributed by atoms with Gasteiger partial charge in [-0.15, -0.1) is 0 Å². The Labute approximate surface area is 154 Å². The van der Waals surface area contributed by atoms with Gasteiger partial charge in [-0.1, -0.05) is 29.5 Å². The Bertz CT molecular complexity index is 1160. The van der Waals surface area contributed by atoms with E-state index in [0.29, 0.717) is 11.9 Å². The van der Waals surface area contributed by atoms with Crippen LogP contribution in [0.1, 0.15) is 11.3 Å². The quantitative estimate of drug-likeness (QED) is 0.586. The minimum absolute atomic E-state index is 0.546. The van der Waals surface area contributed by atoms with Crippen molar-refractivity contribution < 1.29 is 5.11 Å². The second-order valence-electron chi connectivity index (χ2n) is 5.67. The largest absolute Gasteiger partial charge is 0.513 e. The molecule has 0 spiro atoms. The Morgan fingerprint density at radius 3 is 2.81 bits per heavy atom. The molecule has 0 saturated heterocycles. The summed E-state index contributed by atoms with van der Waals surface area (Å²) < 4.78 is 0.888. The summed E-state index contributed by atoms with van der Waals surface area (Å²) in [6.45, 7) is 0.584. The molecule has 0 saturated carbocycles. The van der Waals surface area contributed by atoms with Gasteiger partial charge in [0.1, 0.15) is 11.6 Å². The van der Waals surface area contributed by atoms with E-state index in [2.05, 4.69) is 26.3 Å². The molecule has 0 atom stereocenters. The number of nitrogens with zero attached hydrogens (tertiary/aromatic N) is 3. The number of anilines is 1. The van der Waals surface area contributed by atoms with E-state index in [1.807, 2.05) is 48.5 Å². The van der Waals surface area contributed by atoms with Gasteiger partial charge in [0, 0.05) is 17.8 Å². The summed E-state index contributed by atoms with van der Waals surface area (Å²) in [6.07, 6.45) is 6.60. The molecule has 2 N–H and O–H groups in total. The number of aliphatic hydroxyl groups excluding tert-OH is 1. The molecule has 5 nitrogen and oxygen atoms in total. The Balaban J connectivity index is 1.64. The number of hydrogen-bond donors (Lipinski definition) is 2. The van der Waals surface area contributed by atoms with Gasteiger partial charge in [0.15, 0.2) is 5.13 Å². The summed E-state index contributed by atoms with van der Waals surface area (Å²) in [5.41, 5.74) is 2.93. The number of thiazole rings is 1. The van der Waals surface area contributed by atoms with Crippen molar-refractivity contribution in [2.24, 2.45) is 0 Å². The monoisotopic (exact) mass is 360 g/mol. The Hall–Kier alpha value is -3.25. The molecule has 3 heterocycles. The van der Waals surface area contributed by atoms with Crippen molar-refractivity contribution in [3.8, 4) is 0 Å². The summed E-state index contributed by atoms with van der Waals surface area (Å²) in [7, 11) is 0. The minimum Gasteiger partial charge on any atom is -0.513 e. The van der Waals surface area contributed by atoms with Crippen molar-refractivity contribution in [2.75, 3.05) is 5.32 Å². The van der Waals surface area contributed by atoms with Crippen LogP contribution in [-0.2, 0) is 6.54 Å². The summed E-state index contributed by atoms with van der Waals surface area (Å²) in [5, 5.41) is 15.1. The Kier molecular flexibility index (Phi) is 4.57. The average Bonchev–Trinajstić information content (AvgIpc) is 3.09. The molecule has 0 unspecified atom stereocenters. The van der Waals surface area contributed by atoms with Crippen LogP contribution in [0.2, 0.25) is 0 Å². The normalized spacial score (nSPS) is 12.6. The molecular weight excluding hydrogens is 344 g/mol. The number of aliphatic hydroxyl groups is 1. The third-order valence-corrected chi connectivity index (χ3v) is 4.85. The molecule has 0 aliphatic heterocycles. The van der Waals surface area contributed by atoms with E-state index in [1.165, 1.54) is 11.3 Å². The van der Waals surface area contributed by atoms with Crippen molar-refractivity contribution in [2.45, 2.75) is 6.54 Å². The highest BCUT2D eigenvalue weighted by molar-refractivity contribution is 7.13. The average molecular weight is 360 g/mol. The van der Waals surface area contributed by atoms with E-state index in [4.69, 9.17) is 0 Å². The number of fused-ring (bicyclic) bond motifs is 1. The highest BCUT2D eigenvalue weighted by Crippen LogP contribution is 2.14. The maximum absolute atomic E-state index is 9.52. The van der Waals surface area contributed by atoms with Crippen molar-refractivity contribution in [3.05, 3.63) is 82.1 Å². The molecule has 4 rings (SSSR count). The SMILES string of the molecule is OC=c1nc(NCc2ccccn2)s/c1=C\c1ccc2ncccc2c1. The van der Waals surface area contributed by atoms with Crippen LogP contribution >= 0.6 is 11.3 Å². The highest BCUT2D eigenvalue weighted by atomic mass is 32.1. The van der Waals surface area contributed by atoms with Gasteiger partial charge < -0.3 is 10.4 Å². The maximum atomic E-state index is 9.52. The molecule has 0 fully saturated rings. The van der Waals surface area contributed by atoms with E-state index in [0.717, 1.165) is 38.1 Å². The number of rotatable bonds is 4. The molecule has 4 aromatic rings. The lowest BCUT2D eigenvalue weighted by molar-refractivity contribution is 0.538. The van der Waals surface area contributed by atoms with E-state index >= 15 is 0 Å². The second kappa shape index (κ2) is 7.33. The topological polar surface area (TPSA) is 70.9 Å². The van der Waals surface area contributed by atoms with Gasteiger partial charge in [-0.25, -0.2) is 4.98 Å². The first-order valence-corrected chi connectivity index (χ1v) is 8.95. The van der Waals surface area contributed by atoms with Gasteiger partial charge in [-0.2, -0.15) is 0 Å².